The Morgan fingerprint density at radius 3 is 2.58 bits per heavy atom. The van der Waals surface area contributed by atoms with Crippen molar-refractivity contribution in [3.8, 4) is 5.75 Å². The van der Waals surface area contributed by atoms with E-state index in [-0.39, 0.29) is 22.4 Å². The molecular weight excluding hydrogens is 478 g/mol. The normalized spacial score (nSPS) is 21.1. The number of ether oxygens (including phenoxy) is 1. The zero-order valence-corrected chi connectivity index (χ0v) is 19.1. The van der Waals surface area contributed by atoms with E-state index in [1.807, 2.05) is 0 Å². The van der Waals surface area contributed by atoms with Gasteiger partial charge in [-0.3, -0.25) is 9.80 Å². The van der Waals surface area contributed by atoms with Crippen molar-refractivity contribution < 1.29 is 37.7 Å². The Bertz CT molecular complexity index is 1060. The number of halogens is 1. The Balaban J connectivity index is 1.53. The third-order valence-electron chi connectivity index (χ3n) is 5.09. The molecule has 3 aliphatic rings. The largest absolute Gasteiger partial charge is 0.487 e. The lowest BCUT2D eigenvalue weighted by Gasteiger charge is -2.37. The second-order valence-corrected chi connectivity index (χ2v) is 9.69. The van der Waals surface area contributed by atoms with Crippen LogP contribution in [-0.2, 0) is 14.0 Å². The minimum Gasteiger partial charge on any atom is -0.409 e. The number of hydroxylamine groups is 1. The molecule has 0 saturated carbocycles. The molecule has 2 N–H and O–H groups in total. The van der Waals surface area contributed by atoms with Crippen LogP contribution in [0.15, 0.2) is 28.1 Å². The molecule has 0 aromatic heterocycles. The number of rotatable bonds is 4. The highest BCUT2D eigenvalue weighted by molar-refractivity contribution is 8.18. The van der Waals surface area contributed by atoms with E-state index in [4.69, 9.17) is 19.1 Å². The van der Waals surface area contributed by atoms with Crippen LogP contribution in [0.3, 0.4) is 0 Å². The number of amides is 2. The fraction of sp³-hybridized carbons (Fsp3) is 0.421. The van der Waals surface area contributed by atoms with Crippen molar-refractivity contribution in [2.75, 3.05) is 26.2 Å². The van der Waals surface area contributed by atoms with E-state index in [1.165, 1.54) is 28.1 Å². The van der Waals surface area contributed by atoms with Gasteiger partial charge in [0.25, 0.3) is 5.91 Å². The Morgan fingerprint density at radius 1 is 1.15 bits per heavy atom. The molecule has 2 saturated heterocycles. The first-order valence-corrected chi connectivity index (χ1v) is 12.6. The molecule has 3 aliphatic heterocycles. The van der Waals surface area contributed by atoms with Gasteiger partial charge in [0.15, 0.2) is 5.17 Å². The Hall–Kier alpha value is -2.28. The maximum absolute atomic E-state index is 13.8. The molecule has 11 nitrogen and oxygen atoms in total. The molecular formula is C19H22FN4O7PS. The van der Waals surface area contributed by atoms with Crippen LogP contribution in [-0.4, -0.2) is 68.2 Å². The molecule has 0 unspecified atom stereocenters. The molecule has 0 aliphatic carbocycles. The quantitative estimate of drug-likeness (QED) is 0.470. The SMILES string of the molecule is O=C1N=C(N2CCCCN2OP(=O)(O)O)S/C1=C\c1ccc(F)cc1OC(=O)N1CCCC1. The van der Waals surface area contributed by atoms with Crippen LogP contribution in [0.4, 0.5) is 9.18 Å². The Kier molecular flexibility index (Phi) is 7.17. The van der Waals surface area contributed by atoms with Crippen molar-refractivity contribution >= 4 is 42.8 Å². The number of carbonyl (C=O) groups excluding carboxylic acids is 2. The van der Waals surface area contributed by atoms with Crippen molar-refractivity contribution in [1.82, 2.24) is 15.1 Å². The molecule has 1 aromatic carbocycles. The second kappa shape index (κ2) is 9.92. The predicted octanol–water partition coefficient (Wildman–Crippen LogP) is 2.73. The standard InChI is InChI=1S/C19H22FN4O7PS/c20-14-6-5-13(15(12-14)30-19(26)22-7-1-2-8-22)11-16-17(25)21-18(33-16)23-9-3-4-10-24(23)31-32(27,28)29/h5-6,11-12H,1-4,7-10H2,(H2,27,28,29)/b16-11-. The van der Waals surface area contributed by atoms with E-state index < -0.39 is 25.6 Å². The highest BCUT2D eigenvalue weighted by Gasteiger charge is 2.35. The van der Waals surface area contributed by atoms with Crippen LogP contribution in [0.5, 0.6) is 5.75 Å². The summed E-state index contributed by atoms with van der Waals surface area (Å²) in [7, 11) is -4.80. The van der Waals surface area contributed by atoms with Crippen molar-refractivity contribution in [3.05, 3.63) is 34.5 Å². The van der Waals surface area contributed by atoms with Crippen molar-refractivity contribution in [2.24, 2.45) is 4.99 Å². The van der Waals surface area contributed by atoms with Crippen LogP contribution in [0.1, 0.15) is 31.2 Å². The average Bonchev–Trinajstić information content (AvgIpc) is 3.40. The lowest BCUT2D eigenvalue weighted by Crippen LogP contribution is -2.48. The zero-order valence-electron chi connectivity index (χ0n) is 17.4. The summed E-state index contributed by atoms with van der Waals surface area (Å²) in [4.78, 5) is 48.9. The molecule has 0 radical (unpaired) electrons. The summed E-state index contributed by atoms with van der Waals surface area (Å²) in [6.45, 7) is 1.70. The summed E-state index contributed by atoms with van der Waals surface area (Å²) in [6.07, 6.45) is 3.96. The van der Waals surface area contributed by atoms with Gasteiger partial charge in [-0.25, -0.2) is 13.8 Å². The van der Waals surface area contributed by atoms with Crippen molar-refractivity contribution in [3.63, 3.8) is 0 Å². The minimum atomic E-state index is -4.80. The number of carbonyl (C=O) groups is 2. The van der Waals surface area contributed by atoms with Crippen LogP contribution in [0, 0.1) is 5.82 Å². The average molecular weight is 500 g/mol. The summed E-state index contributed by atoms with van der Waals surface area (Å²) in [5, 5.41) is 2.59. The van der Waals surface area contributed by atoms with Gasteiger partial charge in [0.1, 0.15) is 11.6 Å². The van der Waals surface area contributed by atoms with Gasteiger partial charge in [0.2, 0.25) is 0 Å². The van der Waals surface area contributed by atoms with Gasteiger partial charge in [-0.2, -0.15) is 9.62 Å². The van der Waals surface area contributed by atoms with E-state index in [0.29, 0.717) is 38.0 Å². The first kappa shape index (κ1) is 23.9. The molecule has 14 heteroatoms. The number of aliphatic imine (C=N–C) groups is 1. The fourth-order valence-electron chi connectivity index (χ4n) is 3.56. The summed E-state index contributed by atoms with van der Waals surface area (Å²) in [5.74, 6) is -1.20. The number of thioether (sulfide) groups is 1. The summed E-state index contributed by atoms with van der Waals surface area (Å²) >= 11 is 0.975. The third kappa shape index (κ3) is 5.99. The summed E-state index contributed by atoms with van der Waals surface area (Å²) in [5.41, 5.74) is 0.318. The third-order valence-corrected chi connectivity index (χ3v) is 6.49. The molecule has 3 heterocycles. The highest BCUT2D eigenvalue weighted by Crippen LogP contribution is 2.40. The van der Waals surface area contributed by atoms with Crippen LogP contribution < -0.4 is 4.74 Å². The maximum Gasteiger partial charge on any atom is 0.487 e. The predicted molar refractivity (Wildman–Crippen MR) is 117 cm³/mol. The number of nitrogens with zero attached hydrogens (tertiary/aromatic N) is 4. The number of hydrogen-bond acceptors (Lipinski definition) is 8. The Morgan fingerprint density at radius 2 is 1.85 bits per heavy atom. The van der Waals surface area contributed by atoms with E-state index in [2.05, 4.69) is 4.99 Å². The maximum atomic E-state index is 13.8. The number of hydrazine groups is 1. The van der Waals surface area contributed by atoms with Crippen LogP contribution in [0.25, 0.3) is 6.08 Å². The first-order valence-electron chi connectivity index (χ1n) is 10.3. The monoisotopic (exact) mass is 500 g/mol. The molecule has 4 rings (SSSR count). The smallest absolute Gasteiger partial charge is 0.409 e. The zero-order chi connectivity index (χ0) is 23.6. The van der Waals surface area contributed by atoms with Crippen molar-refractivity contribution in [1.29, 1.82) is 0 Å². The first-order chi connectivity index (χ1) is 15.7. The van der Waals surface area contributed by atoms with E-state index >= 15 is 0 Å². The highest BCUT2D eigenvalue weighted by atomic mass is 32.2. The second-order valence-electron chi connectivity index (χ2n) is 7.53. The van der Waals surface area contributed by atoms with E-state index in [9.17, 15) is 18.5 Å². The molecule has 2 fully saturated rings. The van der Waals surface area contributed by atoms with Gasteiger partial charge in [0.05, 0.1) is 4.91 Å². The lowest BCUT2D eigenvalue weighted by molar-refractivity contribution is -0.208. The number of likely N-dealkylation sites (tertiary alicyclic amines) is 1. The molecule has 2 amide bonds. The number of phosphoric acid groups is 1. The molecule has 0 bridgehead atoms. The van der Waals surface area contributed by atoms with E-state index in [1.54, 1.807) is 0 Å². The number of amidine groups is 1. The van der Waals surface area contributed by atoms with Crippen molar-refractivity contribution in [2.45, 2.75) is 25.7 Å². The number of benzene rings is 1. The Labute approximate surface area is 193 Å². The summed E-state index contributed by atoms with van der Waals surface area (Å²) < 4.78 is 35.2. The van der Waals surface area contributed by atoms with Crippen LogP contribution in [0.2, 0.25) is 0 Å². The van der Waals surface area contributed by atoms with Crippen LogP contribution >= 0.6 is 19.6 Å². The van der Waals surface area contributed by atoms with Gasteiger partial charge in [-0.1, -0.05) is 5.17 Å². The molecule has 178 valence electrons. The topological polar surface area (TPSA) is 132 Å². The van der Waals surface area contributed by atoms with Gasteiger partial charge in [-0.15, -0.1) is 0 Å². The fourth-order valence-corrected chi connectivity index (χ4v) is 4.91. The van der Waals surface area contributed by atoms with E-state index in [0.717, 1.165) is 35.8 Å². The molecule has 0 spiro atoms. The summed E-state index contributed by atoms with van der Waals surface area (Å²) in [6, 6.07) is 3.66. The lowest BCUT2D eigenvalue weighted by atomic mass is 10.2. The molecule has 33 heavy (non-hydrogen) atoms. The molecule has 1 aromatic rings. The molecule has 0 atom stereocenters. The number of hydrogen-bond donors (Lipinski definition) is 2. The van der Waals surface area contributed by atoms with Gasteiger partial charge in [0, 0.05) is 37.8 Å². The van der Waals surface area contributed by atoms with Gasteiger partial charge < -0.3 is 19.4 Å². The van der Waals surface area contributed by atoms with Gasteiger partial charge >= 0.3 is 13.9 Å². The minimum absolute atomic E-state index is 0.0225. The van der Waals surface area contributed by atoms with Gasteiger partial charge in [-0.05, 0) is 55.7 Å².